The van der Waals surface area contributed by atoms with E-state index in [1.165, 1.54) is 24.3 Å². The van der Waals surface area contributed by atoms with Gasteiger partial charge in [-0.2, -0.15) is 0 Å². The second-order valence-electron chi connectivity index (χ2n) is 6.16. The molecule has 1 aromatic carbocycles. The minimum atomic E-state index is -3.85. The van der Waals surface area contributed by atoms with E-state index in [1.54, 1.807) is 4.90 Å². The van der Waals surface area contributed by atoms with Crippen LogP contribution in [0.3, 0.4) is 0 Å². The van der Waals surface area contributed by atoms with Gasteiger partial charge in [0.1, 0.15) is 0 Å². The Balaban J connectivity index is 2.39. The monoisotopic (exact) mass is 330 g/mol. The van der Waals surface area contributed by atoms with Crippen molar-refractivity contribution in [3.05, 3.63) is 29.3 Å². The van der Waals surface area contributed by atoms with Crippen LogP contribution in [0.4, 0.5) is 4.79 Å². The second kappa shape index (κ2) is 5.18. The van der Waals surface area contributed by atoms with Gasteiger partial charge in [0.2, 0.25) is 0 Å². The number of sulfonamides is 1. The number of hydrogen-bond donors (Lipinski definition) is 0. The fourth-order valence-electron chi connectivity index (χ4n) is 2.59. The fourth-order valence-corrected chi connectivity index (χ4v) is 4.16. The Kier molecular flexibility index (Phi) is 3.97. The average Bonchev–Trinajstić information content (AvgIpc) is 2.65. The van der Waals surface area contributed by atoms with Crippen molar-refractivity contribution >= 4 is 27.7 Å². The second-order valence-corrected chi connectivity index (χ2v) is 8.46. The van der Waals surface area contributed by atoms with Gasteiger partial charge in [-0.3, -0.25) is 0 Å². The highest BCUT2D eigenvalue weighted by Gasteiger charge is 2.46. The van der Waals surface area contributed by atoms with Gasteiger partial charge in [0, 0.05) is 10.6 Å². The maximum Gasteiger partial charge on any atom is 0.334 e. The van der Waals surface area contributed by atoms with Crippen LogP contribution < -0.4 is 0 Å². The van der Waals surface area contributed by atoms with Crippen LogP contribution in [0.1, 0.15) is 27.7 Å². The SMILES string of the molecule is CC1CN(S(=O)(=O)c2ccc(Cl)cc2)C(=O)N1C(C)(C)C. The van der Waals surface area contributed by atoms with Crippen LogP contribution in [-0.4, -0.2) is 41.8 Å². The molecule has 1 unspecified atom stereocenters. The van der Waals surface area contributed by atoms with Gasteiger partial charge in [-0.25, -0.2) is 17.5 Å². The molecule has 2 rings (SSSR count). The summed E-state index contributed by atoms with van der Waals surface area (Å²) in [6.07, 6.45) is 0. The Morgan fingerprint density at radius 2 is 1.71 bits per heavy atom. The molecule has 21 heavy (non-hydrogen) atoms. The van der Waals surface area contributed by atoms with E-state index >= 15 is 0 Å². The highest BCUT2D eigenvalue weighted by atomic mass is 35.5. The smallest absolute Gasteiger partial charge is 0.314 e. The Morgan fingerprint density at radius 1 is 1.19 bits per heavy atom. The third-order valence-corrected chi connectivity index (χ3v) is 5.42. The first-order valence-electron chi connectivity index (χ1n) is 6.67. The molecule has 1 heterocycles. The van der Waals surface area contributed by atoms with Crippen molar-refractivity contribution in [3.63, 3.8) is 0 Å². The van der Waals surface area contributed by atoms with E-state index in [1.807, 2.05) is 27.7 Å². The minimum Gasteiger partial charge on any atom is -0.314 e. The molecule has 0 saturated carbocycles. The zero-order valence-corrected chi connectivity index (χ0v) is 14.1. The van der Waals surface area contributed by atoms with E-state index in [0.29, 0.717) is 5.02 Å². The van der Waals surface area contributed by atoms with Crippen molar-refractivity contribution in [2.45, 2.75) is 44.2 Å². The predicted octanol–water partition coefficient (Wildman–Crippen LogP) is 2.95. The lowest BCUT2D eigenvalue weighted by Crippen LogP contribution is -2.47. The van der Waals surface area contributed by atoms with E-state index in [-0.39, 0.29) is 17.5 Å². The summed E-state index contributed by atoms with van der Waals surface area (Å²) >= 11 is 5.77. The normalized spacial score (nSPS) is 20.2. The van der Waals surface area contributed by atoms with Gasteiger partial charge >= 0.3 is 6.03 Å². The minimum absolute atomic E-state index is 0.0724. The first-order valence-corrected chi connectivity index (χ1v) is 8.48. The van der Waals surface area contributed by atoms with E-state index in [0.717, 1.165) is 4.31 Å². The summed E-state index contributed by atoms with van der Waals surface area (Å²) in [5.74, 6) is 0. The van der Waals surface area contributed by atoms with Crippen LogP contribution in [0, 0.1) is 0 Å². The molecular formula is C14H19ClN2O3S. The molecule has 5 nitrogen and oxygen atoms in total. The summed E-state index contributed by atoms with van der Waals surface area (Å²) in [7, 11) is -3.85. The van der Waals surface area contributed by atoms with Gasteiger partial charge in [-0.05, 0) is 52.0 Å². The molecule has 0 radical (unpaired) electrons. The number of amides is 2. The van der Waals surface area contributed by atoms with Crippen LogP contribution >= 0.6 is 11.6 Å². The third kappa shape index (κ3) is 2.87. The Bertz CT molecular complexity index is 650. The molecule has 1 aromatic rings. The maximum atomic E-state index is 12.6. The van der Waals surface area contributed by atoms with Gasteiger partial charge in [0.25, 0.3) is 10.0 Å². The molecule has 7 heteroatoms. The predicted molar refractivity (Wildman–Crippen MR) is 81.8 cm³/mol. The quantitative estimate of drug-likeness (QED) is 0.837. The molecule has 0 spiro atoms. The van der Waals surface area contributed by atoms with Gasteiger partial charge in [0.15, 0.2) is 0 Å². The van der Waals surface area contributed by atoms with Crippen LogP contribution in [0.15, 0.2) is 29.2 Å². The van der Waals surface area contributed by atoms with E-state index in [9.17, 15) is 13.2 Å². The number of rotatable bonds is 2. The lowest BCUT2D eigenvalue weighted by atomic mass is 10.1. The largest absolute Gasteiger partial charge is 0.334 e. The van der Waals surface area contributed by atoms with Gasteiger partial charge in [-0.1, -0.05) is 11.6 Å². The van der Waals surface area contributed by atoms with Crippen molar-refractivity contribution in [2.75, 3.05) is 6.54 Å². The van der Waals surface area contributed by atoms with Gasteiger partial charge in [-0.15, -0.1) is 0 Å². The standard InChI is InChI=1S/C14H19ClN2O3S/c1-10-9-16(13(18)17(10)14(2,3)4)21(19,20)12-7-5-11(15)6-8-12/h5-8,10H,9H2,1-4H3. The van der Waals surface area contributed by atoms with E-state index in [4.69, 9.17) is 11.6 Å². The van der Waals surface area contributed by atoms with E-state index in [2.05, 4.69) is 0 Å². The van der Waals surface area contributed by atoms with Gasteiger partial charge in [0.05, 0.1) is 17.5 Å². The van der Waals surface area contributed by atoms with Crippen LogP contribution in [0.25, 0.3) is 0 Å². The van der Waals surface area contributed by atoms with E-state index < -0.39 is 21.6 Å². The number of carbonyl (C=O) groups is 1. The Hall–Kier alpha value is -1.27. The molecule has 1 aliphatic rings. The molecule has 1 aliphatic heterocycles. The third-order valence-electron chi connectivity index (χ3n) is 3.41. The molecule has 1 saturated heterocycles. The Labute approximate surface area is 130 Å². The van der Waals surface area contributed by atoms with Crippen molar-refractivity contribution in [3.8, 4) is 0 Å². The molecule has 0 aliphatic carbocycles. The summed E-state index contributed by atoms with van der Waals surface area (Å²) in [6, 6.07) is 5.18. The number of carbonyl (C=O) groups excluding carboxylic acids is 1. The number of benzene rings is 1. The summed E-state index contributed by atoms with van der Waals surface area (Å²) in [4.78, 5) is 14.2. The summed E-state index contributed by atoms with van der Waals surface area (Å²) in [5, 5.41) is 0.450. The maximum absolute atomic E-state index is 12.6. The summed E-state index contributed by atoms with van der Waals surface area (Å²) in [5.41, 5.74) is -0.430. The topological polar surface area (TPSA) is 57.7 Å². The first-order chi connectivity index (χ1) is 9.55. The zero-order chi connectivity index (χ0) is 16.0. The molecule has 0 aromatic heterocycles. The Morgan fingerprint density at radius 3 is 2.14 bits per heavy atom. The average molecular weight is 331 g/mol. The molecule has 116 valence electrons. The van der Waals surface area contributed by atoms with Crippen LogP contribution in [-0.2, 0) is 10.0 Å². The fraction of sp³-hybridized carbons (Fsp3) is 0.500. The number of halogens is 1. The molecular weight excluding hydrogens is 312 g/mol. The summed E-state index contributed by atoms with van der Waals surface area (Å²) < 4.78 is 26.2. The van der Waals surface area contributed by atoms with Crippen molar-refractivity contribution in [1.82, 2.24) is 9.21 Å². The molecule has 2 amide bonds. The molecule has 1 fully saturated rings. The number of urea groups is 1. The highest BCUT2D eigenvalue weighted by molar-refractivity contribution is 7.89. The summed E-state index contributed by atoms with van der Waals surface area (Å²) in [6.45, 7) is 7.67. The van der Waals surface area contributed by atoms with Crippen molar-refractivity contribution < 1.29 is 13.2 Å². The first kappa shape index (κ1) is 16.1. The van der Waals surface area contributed by atoms with Crippen molar-refractivity contribution in [1.29, 1.82) is 0 Å². The zero-order valence-electron chi connectivity index (χ0n) is 12.5. The number of hydrogen-bond acceptors (Lipinski definition) is 3. The molecule has 0 N–H and O–H groups in total. The molecule has 1 atom stereocenters. The van der Waals surface area contributed by atoms with Crippen LogP contribution in [0.5, 0.6) is 0 Å². The van der Waals surface area contributed by atoms with Crippen LogP contribution in [0.2, 0.25) is 5.02 Å². The van der Waals surface area contributed by atoms with Crippen molar-refractivity contribution in [2.24, 2.45) is 0 Å². The highest BCUT2D eigenvalue weighted by Crippen LogP contribution is 2.30. The lowest BCUT2D eigenvalue weighted by Gasteiger charge is -2.34. The van der Waals surface area contributed by atoms with Gasteiger partial charge < -0.3 is 4.90 Å². The lowest BCUT2D eigenvalue weighted by molar-refractivity contribution is 0.143. The number of nitrogens with zero attached hydrogens (tertiary/aromatic N) is 2. The molecule has 0 bridgehead atoms.